The molecule has 0 spiro atoms. The van der Waals surface area contributed by atoms with Gasteiger partial charge in [-0.3, -0.25) is 9.59 Å². The van der Waals surface area contributed by atoms with Crippen molar-refractivity contribution < 1.29 is 27.5 Å². The molecule has 10 heteroatoms. The van der Waals surface area contributed by atoms with Crippen molar-refractivity contribution in [3.05, 3.63) is 47.5 Å². The highest BCUT2D eigenvalue weighted by Crippen LogP contribution is 2.32. The van der Waals surface area contributed by atoms with Crippen LogP contribution in [0.25, 0.3) is 0 Å². The summed E-state index contributed by atoms with van der Waals surface area (Å²) in [6, 6.07) is 2.82. The molecular weight excluding hydrogens is 389 g/mol. The van der Waals surface area contributed by atoms with Crippen LogP contribution < -0.4 is 5.32 Å². The van der Waals surface area contributed by atoms with Crippen molar-refractivity contribution in [2.45, 2.75) is 25.1 Å². The maximum absolute atomic E-state index is 13.3. The van der Waals surface area contributed by atoms with E-state index in [0.29, 0.717) is 6.61 Å². The number of alkyl halides is 3. The second-order valence-electron chi connectivity index (χ2n) is 6.96. The number of ether oxygens (including phenoxy) is 1. The van der Waals surface area contributed by atoms with Crippen molar-refractivity contribution in [2.24, 2.45) is 7.05 Å². The van der Waals surface area contributed by atoms with Gasteiger partial charge in [0.1, 0.15) is 5.69 Å². The Balaban J connectivity index is 1.86. The van der Waals surface area contributed by atoms with E-state index >= 15 is 0 Å². The minimum atomic E-state index is -4.67. The number of hydrogen-bond donors (Lipinski definition) is 1. The number of carbonyl (C=O) groups excluding carboxylic acids is 2. The van der Waals surface area contributed by atoms with Crippen molar-refractivity contribution in [1.82, 2.24) is 14.5 Å². The zero-order valence-corrected chi connectivity index (χ0v) is 16.0. The third-order valence-corrected chi connectivity index (χ3v) is 4.66. The second-order valence-corrected chi connectivity index (χ2v) is 6.96. The molecule has 1 fully saturated rings. The zero-order chi connectivity index (χ0) is 21.2. The molecule has 0 saturated carbocycles. The molecule has 0 radical (unpaired) electrons. The standard InChI is InChI=1S/C19H21F3N4O3/c1-25(10-15-4-3-5-29-15)18(28)12-6-13(19(20,21)22)8-14(7-12)24-17(27)16-9-23-11-26(16)2/h6-9,11,15H,3-5,10H2,1-2H3,(H,24,27). The Morgan fingerprint density at radius 1 is 1.34 bits per heavy atom. The summed E-state index contributed by atoms with van der Waals surface area (Å²) in [6.45, 7) is 0.895. The van der Waals surface area contributed by atoms with Gasteiger partial charge in [0.25, 0.3) is 11.8 Å². The minimum absolute atomic E-state index is 0.125. The molecule has 156 valence electrons. The number of rotatable bonds is 5. The third kappa shape index (κ3) is 4.94. The number of nitrogens with zero attached hydrogens (tertiary/aromatic N) is 3. The van der Waals surface area contributed by atoms with E-state index in [1.165, 1.54) is 35.1 Å². The Morgan fingerprint density at radius 2 is 2.10 bits per heavy atom. The van der Waals surface area contributed by atoms with E-state index in [-0.39, 0.29) is 29.6 Å². The van der Waals surface area contributed by atoms with Crippen LogP contribution in [0.5, 0.6) is 0 Å². The van der Waals surface area contributed by atoms with Crippen LogP contribution in [-0.4, -0.2) is 52.6 Å². The molecule has 2 heterocycles. The predicted octanol–water partition coefficient (Wildman–Crippen LogP) is 2.94. The molecular formula is C19H21F3N4O3. The lowest BCUT2D eigenvalue weighted by molar-refractivity contribution is -0.137. The predicted molar refractivity (Wildman–Crippen MR) is 98.5 cm³/mol. The van der Waals surface area contributed by atoms with E-state index < -0.39 is 23.6 Å². The molecule has 1 aromatic heterocycles. The van der Waals surface area contributed by atoms with Crippen molar-refractivity contribution in [3.63, 3.8) is 0 Å². The van der Waals surface area contributed by atoms with Gasteiger partial charge in [0.05, 0.1) is 24.2 Å². The number of nitrogens with one attached hydrogen (secondary N) is 1. The average Bonchev–Trinajstić information content (AvgIpc) is 3.31. The molecule has 2 amide bonds. The Morgan fingerprint density at radius 3 is 2.69 bits per heavy atom. The number of benzene rings is 1. The lowest BCUT2D eigenvalue weighted by atomic mass is 10.1. The van der Waals surface area contributed by atoms with Crippen LogP contribution in [0, 0.1) is 0 Å². The highest BCUT2D eigenvalue weighted by Gasteiger charge is 2.32. The summed E-state index contributed by atoms with van der Waals surface area (Å²) in [7, 11) is 3.10. The number of anilines is 1. The second kappa shape index (κ2) is 8.24. The summed E-state index contributed by atoms with van der Waals surface area (Å²) in [5, 5.41) is 2.41. The van der Waals surface area contributed by atoms with Crippen LogP contribution in [0.3, 0.4) is 0 Å². The first kappa shape index (κ1) is 20.8. The van der Waals surface area contributed by atoms with Gasteiger partial charge in [0.15, 0.2) is 0 Å². The molecule has 1 N–H and O–H groups in total. The molecule has 0 bridgehead atoms. The largest absolute Gasteiger partial charge is 0.416 e. The summed E-state index contributed by atoms with van der Waals surface area (Å²) in [5.41, 5.74) is -1.14. The highest BCUT2D eigenvalue weighted by molar-refractivity contribution is 6.04. The summed E-state index contributed by atoms with van der Waals surface area (Å²) in [5.74, 6) is -1.21. The average molecular weight is 410 g/mol. The Hall–Kier alpha value is -2.88. The van der Waals surface area contributed by atoms with Gasteiger partial charge in [0.2, 0.25) is 0 Å². The molecule has 29 heavy (non-hydrogen) atoms. The van der Waals surface area contributed by atoms with Gasteiger partial charge in [-0.05, 0) is 31.0 Å². The van der Waals surface area contributed by atoms with Crippen molar-refractivity contribution in [2.75, 3.05) is 25.5 Å². The Bertz CT molecular complexity index is 904. The smallest absolute Gasteiger partial charge is 0.376 e. The molecule has 0 aliphatic carbocycles. The van der Waals surface area contributed by atoms with Gasteiger partial charge in [-0.2, -0.15) is 13.2 Å². The number of hydrogen-bond acceptors (Lipinski definition) is 4. The summed E-state index contributed by atoms with van der Waals surface area (Å²) < 4.78 is 46.9. The lowest BCUT2D eigenvalue weighted by Gasteiger charge is -2.22. The molecule has 7 nitrogen and oxygen atoms in total. The van der Waals surface area contributed by atoms with Crippen LogP contribution >= 0.6 is 0 Å². The fourth-order valence-electron chi connectivity index (χ4n) is 3.16. The first-order valence-electron chi connectivity index (χ1n) is 9.02. The number of halogens is 3. The Labute approximate surface area is 165 Å². The fourth-order valence-corrected chi connectivity index (χ4v) is 3.16. The minimum Gasteiger partial charge on any atom is -0.376 e. The van der Waals surface area contributed by atoms with Gasteiger partial charge >= 0.3 is 6.18 Å². The van der Waals surface area contributed by atoms with Crippen LogP contribution in [0.15, 0.2) is 30.7 Å². The first-order chi connectivity index (χ1) is 13.6. The van der Waals surface area contributed by atoms with E-state index in [1.807, 2.05) is 0 Å². The van der Waals surface area contributed by atoms with Gasteiger partial charge in [0, 0.05) is 38.5 Å². The highest BCUT2D eigenvalue weighted by atomic mass is 19.4. The van der Waals surface area contributed by atoms with Crippen LogP contribution in [0.4, 0.5) is 18.9 Å². The third-order valence-electron chi connectivity index (χ3n) is 4.66. The molecule has 1 aliphatic rings. The zero-order valence-electron chi connectivity index (χ0n) is 16.0. The fraction of sp³-hybridized carbons (Fsp3) is 0.421. The lowest BCUT2D eigenvalue weighted by Crippen LogP contribution is -2.34. The van der Waals surface area contributed by atoms with Crippen LogP contribution in [0.2, 0.25) is 0 Å². The topological polar surface area (TPSA) is 76.5 Å². The molecule has 1 aromatic carbocycles. The Kier molecular flexibility index (Phi) is 5.92. The molecule has 1 saturated heterocycles. The molecule has 1 aliphatic heterocycles. The summed E-state index contributed by atoms with van der Waals surface area (Å²) in [6.07, 6.45) is -0.415. The van der Waals surface area contributed by atoms with Crippen LogP contribution in [-0.2, 0) is 18.0 Å². The van der Waals surface area contributed by atoms with E-state index in [9.17, 15) is 22.8 Å². The van der Waals surface area contributed by atoms with Crippen molar-refractivity contribution in [3.8, 4) is 0 Å². The number of carbonyl (C=O) groups is 2. The van der Waals surface area contributed by atoms with E-state index in [0.717, 1.165) is 25.0 Å². The van der Waals surface area contributed by atoms with Gasteiger partial charge in [-0.15, -0.1) is 0 Å². The first-order valence-corrected chi connectivity index (χ1v) is 9.02. The molecule has 3 rings (SSSR count). The quantitative estimate of drug-likeness (QED) is 0.822. The van der Waals surface area contributed by atoms with Crippen molar-refractivity contribution >= 4 is 17.5 Å². The van der Waals surface area contributed by atoms with Gasteiger partial charge in [-0.1, -0.05) is 0 Å². The van der Waals surface area contributed by atoms with E-state index in [2.05, 4.69) is 10.3 Å². The summed E-state index contributed by atoms with van der Waals surface area (Å²) in [4.78, 5) is 30.2. The number of imidazole rings is 1. The monoisotopic (exact) mass is 410 g/mol. The number of likely N-dealkylation sites (N-methyl/N-ethyl adjacent to an activating group) is 1. The molecule has 1 atom stereocenters. The molecule has 2 aromatic rings. The van der Waals surface area contributed by atoms with Crippen LogP contribution in [0.1, 0.15) is 39.3 Å². The number of amides is 2. The maximum atomic E-state index is 13.3. The molecule has 1 unspecified atom stereocenters. The van der Waals surface area contributed by atoms with E-state index in [4.69, 9.17) is 4.74 Å². The normalized spacial score (nSPS) is 16.7. The number of aromatic nitrogens is 2. The number of aryl methyl sites for hydroxylation is 1. The van der Waals surface area contributed by atoms with Gasteiger partial charge in [-0.25, -0.2) is 4.98 Å². The van der Waals surface area contributed by atoms with E-state index in [1.54, 1.807) is 7.05 Å². The van der Waals surface area contributed by atoms with Gasteiger partial charge < -0.3 is 19.5 Å². The maximum Gasteiger partial charge on any atom is 0.416 e. The SMILES string of the molecule is CN(CC1CCCO1)C(=O)c1cc(NC(=O)c2cncn2C)cc(C(F)(F)F)c1. The summed E-state index contributed by atoms with van der Waals surface area (Å²) >= 11 is 0. The van der Waals surface area contributed by atoms with Crippen molar-refractivity contribution in [1.29, 1.82) is 0 Å².